The molecule has 0 bridgehead atoms. The molecule has 0 amide bonds. The van der Waals surface area contributed by atoms with Crippen molar-refractivity contribution >= 4 is 23.1 Å². The zero-order valence-electron chi connectivity index (χ0n) is 11.5. The van der Waals surface area contributed by atoms with Crippen molar-refractivity contribution in [2.75, 3.05) is 6.61 Å². The van der Waals surface area contributed by atoms with E-state index in [9.17, 15) is 5.11 Å². The first-order valence-electron chi connectivity index (χ1n) is 6.94. The summed E-state index contributed by atoms with van der Waals surface area (Å²) >= 11 is 3.79. The van der Waals surface area contributed by atoms with Crippen LogP contribution >= 0.6 is 23.1 Å². The number of thiophene rings is 1. The third kappa shape index (κ3) is 2.93. The molecule has 0 spiro atoms. The van der Waals surface area contributed by atoms with Crippen molar-refractivity contribution in [1.29, 1.82) is 0 Å². The molecule has 0 aliphatic carbocycles. The lowest BCUT2D eigenvalue weighted by Crippen LogP contribution is -2.32. The standard InChI is InChI=1S/C16H19NOS2/c1-11-9-14(13-7-8-19-16(13)20-11)17-15(10-18)12-5-3-2-4-6-12/h2-8,11,14-15,17-18H,9-10H2,1H3/t11-,14?,15?/m0/s1. The van der Waals surface area contributed by atoms with Gasteiger partial charge in [0.05, 0.1) is 16.9 Å². The van der Waals surface area contributed by atoms with Gasteiger partial charge in [-0.3, -0.25) is 0 Å². The van der Waals surface area contributed by atoms with Gasteiger partial charge < -0.3 is 10.4 Å². The molecule has 20 heavy (non-hydrogen) atoms. The number of aliphatic hydroxyl groups is 1. The Morgan fingerprint density at radius 1 is 1.30 bits per heavy atom. The molecule has 1 aromatic carbocycles. The van der Waals surface area contributed by atoms with Gasteiger partial charge in [-0.05, 0) is 29.0 Å². The van der Waals surface area contributed by atoms with Gasteiger partial charge in [0.15, 0.2) is 0 Å². The third-order valence-corrected chi connectivity index (χ3v) is 6.04. The van der Waals surface area contributed by atoms with Crippen LogP contribution < -0.4 is 5.32 Å². The molecule has 3 rings (SSSR count). The number of hydrogen-bond donors (Lipinski definition) is 2. The van der Waals surface area contributed by atoms with Crippen molar-refractivity contribution in [2.45, 2.75) is 34.9 Å². The highest BCUT2D eigenvalue weighted by atomic mass is 32.2. The van der Waals surface area contributed by atoms with Gasteiger partial charge >= 0.3 is 0 Å². The summed E-state index contributed by atoms with van der Waals surface area (Å²) in [6.45, 7) is 2.40. The molecule has 1 aromatic heterocycles. The SMILES string of the molecule is C[C@H]1CC(NC(CO)c2ccccc2)c2ccsc2S1. The second-order valence-electron chi connectivity index (χ2n) is 5.19. The summed E-state index contributed by atoms with van der Waals surface area (Å²) in [7, 11) is 0. The first-order chi connectivity index (χ1) is 9.78. The zero-order chi connectivity index (χ0) is 13.9. The van der Waals surface area contributed by atoms with E-state index in [1.165, 1.54) is 9.77 Å². The summed E-state index contributed by atoms with van der Waals surface area (Å²) < 4.78 is 1.42. The molecule has 0 saturated carbocycles. The predicted molar refractivity (Wildman–Crippen MR) is 86.4 cm³/mol. The molecule has 4 heteroatoms. The topological polar surface area (TPSA) is 32.3 Å². The highest BCUT2D eigenvalue weighted by Crippen LogP contribution is 2.44. The Hall–Kier alpha value is -0.810. The monoisotopic (exact) mass is 305 g/mol. The fourth-order valence-corrected chi connectivity index (χ4v) is 5.26. The van der Waals surface area contributed by atoms with Crippen LogP contribution in [-0.2, 0) is 0 Å². The van der Waals surface area contributed by atoms with Crippen LogP contribution in [0, 0.1) is 0 Å². The van der Waals surface area contributed by atoms with Crippen LogP contribution in [0.25, 0.3) is 0 Å². The van der Waals surface area contributed by atoms with Crippen LogP contribution in [-0.4, -0.2) is 17.0 Å². The average Bonchev–Trinajstić information content (AvgIpc) is 2.93. The summed E-state index contributed by atoms with van der Waals surface area (Å²) in [5, 5.41) is 16.1. The van der Waals surface area contributed by atoms with E-state index in [2.05, 4.69) is 35.8 Å². The molecule has 106 valence electrons. The maximum absolute atomic E-state index is 9.71. The van der Waals surface area contributed by atoms with Gasteiger partial charge in [-0.1, -0.05) is 37.3 Å². The molecule has 2 unspecified atom stereocenters. The Balaban J connectivity index is 1.80. The number of nitrogens with one attached hydrogen (secondary N) is 1. The molecular formula is C16H19NOS2. The summed E-state index contributed by atoms with van der Waals surface area (Å²) in [4.78, 5) is 0. The Labute approximate surface area is 128 Å². The van der Waals surface area contributed by atoms with Crippen molar-refractivity contribution in [3.05, 3.63) is 52.9 Å². The molecule has 2 N–H and O–H groups in total. The fraction of sp³-hybridized carbons (Fsp3) is 0.375. The summed E-state index contributed by atoms with van der Waals surface area (Å²) in [6, 6.07) is 12.8. The van der Waals surface area contributed by atoms with Crippen molar-refractivity contribution in [1.82, 2.24) is 5.32 Å². The highest BCUT2D eigenvalue weighted by Gasteiger charge is 2.28. The van der Waals surface area contributed by atoms with Crippen molar-refractivity contribution in [2.24, 2.45) is 0 Å². The van der Waals surface area contributed by atoms with E-state index in [-0.39, 0.29) is 12.6 Å². The van der Waals surface area contributed by atoms with Gasteiger partial charge in [-0.15, -0.1) is 23.1 Å². The van der Waals surface area contributed by atoms with E-state index in [0.717, 1.165) is 12.0 Å². The lowest BCUT2D eigenvalue weighted by molar-refractivity contribution is 0.230. The molecule has 1 aliphatic rings. The molecule has 3 atom stereocenters. The maximum atomic E-state index is 9.71. The number of hydrogen-bond acceptors (Lipinski definition) is 4. The van der Waals surface area contributed by atoms with E-state index >= 15 is 0 Å². The molecule has 0 saturated heterocycles. The van der Waals surface area contributed by atoms with Crippen LogP contribution in [0.5, 0.6) is 0 Å². The first kappa shape index (κ1) is 14.1. The zero-order valence-corrected chi connectivity index (χ0v) is 13.1. The average molecular weight is 305 g/mol. The molecular weight excluding hydrogens is 286 g/mol. The highest BCUT2D eigenvalue weighted by molar-refractivity contribution is 8.01. The summed E-state index contributed by atoms with van der Waals surface area (Å²) in [6.07, 6.45) is 1.11. The molecule has 2 aromatic rings. The predicted octanol–water partition coefficient (Wildman–Crippen LogP) is 4.00. The smallest absolute Gasteiger partial charge is 0.0649 e. The van der Waals surface area contributed by atoms with E-state index in [1.54, 1.807) is 0 Å². The number of benzene rings is 1. The fourth-order valence-electron chi connectivity index (χ4n) is 2.69. The van der Waals surface area contributed by atoms with Gasteiger partial charge in [0.25, 0.3) is 0 Å². The van der Waals surface area contributed by atoms with Crippen molar-refractivity contribution in [3.63, 3.8) is 0 Å². The first-order valence-corrected chi connectivity index (χ1v) is 8.69. The van der Waals surface area contributed by atoms with E-state index < -0.39 is 0 Å². The summed E-state index contributed by atoms with van der Waals surface area (Å²) in [5.74, 6) is 0. The Morgan fingerprint density at radius 3 is 2.85 bits per heavy atom. The lowest BCUT2D eigenvalue weighted by atomic mass is 10.0. The van der Waals surface area contributed by atoms with Gasteiger partial charge in [0.2, 0.25) is 0 Å². The van der Waals surface area contributed by atoms with Crippen molar-refractivity contribution < 1.29 is 5.11 Å². The number of thioether (sulfide) groups is 1. The van der Waals surface area contributed by atoms with Crippen LogP contribution in [0.4, 0.5) is 0 Å². The lowest BCUT2D eigenvalue weighted by Gasteiger charge is -2.31. The van der Waals surface area contributed by atoms with Crippen molar-refractivity contribution in [3.8, 4) is 0 Å². The molecule has 1 aliphatic heterocycles. The Kier molecular flexibility index (Phi) is 4.46. The van der Waals surface area contributed by atoms with E-state index in [0.29, 0.717) is 11.3 Å². The molecule has 2 nitrogen and oxygen atoms in total. The van der Waals surface area contributed by atoms with E-state index in [1.807, 2.05) is 41.3 Å². The third-order valence-electron chi connectivity index (χ3n) is 3.70. The second kappa shape index (κ2) is 6.31. The Morgan fingerprint density at radius 2 is 2.10 bits per heavy atom. The van der Waals surface area contributed by atoms with Crippen LogP contribution in [0.3, 0.4) is 0 Å². The van der Waals surface area contributed by atoms with Gasteiger partial charge in [0, 0.05) is 11.3 Å². The number of rotatable bonds is 4. The maximum Gasteiger partial charge on any atom is 0.0649 e. The summed E-state index contributed by atoms with van der Waals surface area (Å²) in [5.41, 5.74) is 2.55. The molecule has 0 fully saturated rings. The minimum absolute atomic E-state index is 0.00394. The minimum Gasteiger partial charge on any atom is -0.394 e. The minimum atomic E-state index is 0.00394. The van der Waals surface area contributed by atoms with Crippen LogP contribution in [0.1, 0.15) is 36.6 Å². The van der Waals surface area contributed by atoms with Crippen LogP contribution in [0.15, 0.2) is 46.0 Å². The quantitative estimate of drug-likeness (QED) is 0.895. The van der Waals surface area contributed by atoms with Gasteiger partial charge in [0.1, 0.15) is 0 Å². The molecule has 2 heterocycles. The number of aliphatic hydroxyl groups excluding tert-OH is 1. The Bertz CT molecular complexity index is 555. The largest absolute Gasteiger partial charge is 0.394 e. The van der Waals surface area contributed by atoms with Crippen LogP contribution in [0.2, 0.25) is 0 Å². The normalized spacial score (nSPS) is 23.3. The van der Waals surface area contributed by atoms with Gasteiger partial charge in [-0.25, -0.2) is 0 Å². The second-order valence-corrected chi connectivity index (χ2v) is 7.82. The van der Waals surface area contributed by atoms with E-state index in [4.69, 9.17) is 0 Å². The molecule has 0 radical (unpaired) electrons. The van der Waals surface area contributed by atoms with Gasteiger partial charge in [-0.2, -0.15) is 0 Å². The number of fused-ring (bicyclic) bond motifs is 1.